The Morgan fingerprint density at radius 1 is 1.54 bits per heavy atom. The highest BCUT2D eigenvalue weighted by atomic mass is 32.2. The van der Waals surface area contributed by atoms with Gasteiger partial charge in [0.05, 0.1) is 11.9 Å². The van der Waals surface area contributed by atoms with Crippen LogP contribution in [0, 0.1) is 0 Å². The first-order chi connectivity index (χ1) is 5.87. The predicted molar refractivity (Wildman–Crippen MR) is 43.8 cm³/mol. The van der Waals surface area contributed by atoms with Gasteiger partial charge in [0.25, 0.3) is 0 Å². The Morgan fingerprint density at radius 2 is 2.08 bits per heavy atom. The number of rotatable bonds is 5. The maximum absolute atomic E-state index is 10.7. The van der Waals surface area contributed by atoms with Gasteiger partial charge in [0.1, 0.15) is 0 Å². The van der Waals surface area contributed by atoms with Crippen molar-refractivity contribution in [1.82, 2.24) is 0 Å². The number of carbonyl (C=O) groups is 1. The van der Waals surface area contributed by atoms with Crippen molar-refractivity contribution in [1.29, 1.82) is 0 Å². The molecule has 0 aromatic rings. The molecule has 1 unspecified atom stereocenters. The Morgan fingerprint density at radius 3 is 2.46 bits per heavy atom. The maximum atomic E-state index is 10.7. The minimum atomic E-state index is -4.05. The van der Waals surface area contributed by atoms with E-state index in [4.69, 9.17) is 10.2 Å². The van der Waals surface area contributed by atoms with E-state index >= 15 is 0 Å². The van der Waals surface area contributed by atoms with Crippen molar-refractivity contribution in [2.24, 2.45) is 0 Å². The fourth-order valence-electron chi connectivity index (χ4n) is 0.635. The Bertz CT molecular complexity index is 256. The van der Waals surface area contributed by atoms with Crippen molar-refractivity contribution in [2.75, 3.05) is 5.75 Å². The third-order valence-corrected chi connectivity index (χ3v) is 2.50. The Labute approximate surface area is 76.3 Å². The smallest absolute Gasteiger partial charge is 0.449 e. The lowest BCUT2D eigenvalue weighted by atomic mass is 10.2. The van der Waals surface area contributed by atoms with Crippen LogP contribution in [-0.4, -0.2) is 36.6 Å². The molecule has 0 saturated heterocycles. The summed E-state index contributed by atoms with van der Waals surface area (Å²) >= 11 is 0. The molecule has 6 nitrogen and oxygen atoms in total. The SMILES string of the molecule is CCC(O)CCS(=O)(=O)OC(=O)O. The van der Waals surface area contributed by atoms with Crippen LogP contribution < -0.4 is 0 Å². The van der Waals surface area contributed by atoms with E-state index in [0.29, 0.717) is 6.42 Å². The monoisotopic (exact) mass is 212 g/mol. The zero-order valence-corrected chi connectivity index (χ0v) is 7.95. The topological polar surface area (TPSA) is 101 Å². The van der Waals surface area contributed by atoms with Gasteiger partial charge in [-0.15, -0.1) is 0 Å². The predicted octanol–water partition coefficient (Wildman–Crippen LogP) is 0.172. The minimum Gasteiger partial charge on any atom is -0.449 e. The molecule has 2 N–H and O–H groups in total. The summed E-state index contributed by atoms with van der Waals surface area (Å²) in [5.41, 5.74) is 0. The normalized spacial score (nSPS) is 13.7. The molecule has 0 aromatic heterocycles. The van der Waals surface area contributed by atoms with E-state index in [-0.39, 0.29) is 6.42 Å². The van der Waals surface area contributed by atoms with Gasteiger partial charge in [-0.1, -0.05) is 6.92 Å². The van der Waals surface area contributed by atoms with E-state index in [2.05, 4.69) is 4.18 Å². The zero-order valence-electron chi connectivity index (χ0n) is 7.13. The van der Waals surface area contributed by atoms with Crippen LogP contribution in [0.2, 0.25) is 0 Å². The molecule has 0 aliphatic carbocycles. The summed E-state index contributed by atoms with van der Waals surface area (Å²) in [6.45, 7) is 1.69. The van der Waals surface area contributed by atoms with Gasteiger partial charge in [-0.05, 0) is 12.8 Å². The molecule has 78 valence electrons. The summed E-state index contributed by atoms with van der Waals surface area (Å²) in [6.07, 6.45) is -2.20. The van der Waals surface area contributed by atoms with Gasteiger partial charge in [0.2, 0.25) is 0 Å². The highest BCUT2D eigenvalue weighted by molar-refractivity contribution is 7.87. The van der Waals surface area contributed by atoms with E-state index in [0.717, 1.165) is 0 Å². The summed E-state index contributed by atoms with van der Waals surface area (Å²) in [4.78, 5) is 9.87. The van der Waals surface area contributed by atoms with Crippen LogP contribution in [0.4, 0.5) is 4.79 Å². The third kappa shape index (κ3) is 6.35. The van der Waals surface area contributed by atoms with Gasteiger partial charge in [-0.25, -0.2) is 4.79 Å². The molecule has 0 rings (SSSR count). The van der Waals surface area contributed by atoms with Crippen LogP contribution in [0.3, 0.4) is 0 Å². The van der Waals surface area contributed by atoms with Crippen molar-refractivity contribution in [3.8, 4) is 0 Å². The molecule has 13 heavy (non-hydrogen) atoms. The molecule has 0 saturated carbocycles. The van der Waals surface area contributed by atoms with Gasteiger partial charge in [-0.2, -0.15) is 8.42 Å². The highest BCUT2D eigenvalue weighted by Gasteiger charge is 2.17. The quantitative estimate of drug-likeness (QED) is 0.630. The maximum Gasteiger partial charge on any atom is 0.521 e. The highest BCUT2D eigenvalue weighted by Crippen LogP contribution is 2.02. The Kier molecular flexibility index (Phi) is 4.71. The zero-order chi connectivity index (χ0) is 10.5. The summed E-state index contributed by atoms with van der Waals surface area (Å²) < 4.78 is 25.1. The van der Waals surface area contributed by atoms with Gasteiger partial charge < -0.3 is 14.4 Å². The Hall–Kier alpha value is -0.820. The fraction of sp³-hybridized carbons (Fsp3) is 0.833. The molecule has 0 spiro atoms. The summed E-state index contributed by atoms with van der Waals surface area (Å²) in [6, 6.07) is 0. The molecular weight excluding hydrogens is 200 g/mol. The molecule has 0 aliphatic rings. The molecule has 0 heterocycles. The van der Waals surface area contributed by atoms with Crippen LogP contribution in [0.1, 0.15) is 19.8 Å². The van der Waals surface area contributed by atoms with E-state index in [1.807, 2.05) is 0 Å². The van der Waals surface area contributed by atoms with E-state index in [9.17, 15) is 13.2 Å². The van der Waals surface area contributed by atoms with Crippen LogP contribution in [0.15, 0.2) is 0 Å². The molecule has 1 atom stereocenters. The summed E-state index contributed by atoms with van der Waals surface area (Å²) in [5, 5.41) is 17.0. The second-order valence-corrected chi connectivity index (χ2v) is 4.15. The lowest BCUT2D eigenvalue weighted by Crippen LogP contribution is -2.18. The number of hydrogen-bond acceptors (Lipinski definition) is 5. The van der Waals surface area contributed by atoms with Crippen molar-refractivity contribution in [2.45, 2.75) is 25.9 Å². The molecule has 0 aliphatic heterocycles. The minimum absolute atomic E-state index is 0.0217. The van der Waals surface area contributed by atoms with Crippen molar-refractivity contribution < 1.29 is 27.6 Å². The molecule has 0 radical (unpaired) electrons. The number of carboxylic acid groups (broad SMARTS) is 1. The first-order valence-electron chi connectivity index (χ1n) is 3.70. The van der Waals surface area contributed by atoms with E-state index in [1.165, 1.54) is 0 Å². The molecule has 0 bridgehead atoms. The molecular formula is C6H12O6S. The lowest BCUT2D eigenvalue weighted by Gasteiger charge is -2.06. The van der Waals surface area contributed by atoms with Crippen LogP contribution >= 0.6 is 0 Å². The van der Waals surface area contributed by atoms with Crippen molar-refractivity contribution in [3.05, 3.63) is 0 Å². The van der Waals surface area contributed by atoms with Gasteiger partial charge in [0, 0.05) is 0 Å². The van der Waals surface area contributed by atoms with Crippen LogP contribution in [-0.2, 0) is 14.3 Å². The standard InChI is InChI=1S/C6H12O6S/c1-2-5(7)3-4-13(10,11)12-6(8)9/h5,7H,2-4H2,1H3,(H,8,9). The average molecular weight is 212 g/mol. The lowest BCUT2D eigenvalue weighted by molar-refractivity contribution is 0.144. The largest absolute Gasteiger partial charge is 0.521 e. The summed E-state index contributed by atoms with van der Waals surface area (Å²) in [5.74, 6) is -0.492. The first-order valence-corrected chi connectivity index (χ1v) is 5.28. The van der Waals surface area contributed by atoms with Crippen LogP contribution in [0.25, 0.3) is 0 Å². The summed E-state index contributed by atoms with van der Waals surface area (Å²) in [7, 11) is -4.05. The third-order valence-electron chi connectivity index (χ3n) is 1.37. The van der Waals surface area contributed by atoms with Crippen molar-refractivity contribution in [3.63, 3.8) is 0 Å². The fourth-order valence-corrected chi connectivity index (χ4v) is 1.50. The molecule has 0 fully saturated rings. The van der Waals surface area contributed by atoms with Crippen LogP contribution in [0.5, 0.6) is 0 Å². The Balaban J connectivity index is 3.97. The molecule has 0 amide bonds. The van der Waals surface area contributed by atoms with Gasteiger partial charge in [-0.3, -0.25) is 0 Å². The van der Waals surface area contributed by atoms with Gasteiger partial charge in [0.15, 0.2) is 0 Å². The molecule has 0 aromatic carbocycles. The van der Waals surface area contributed by atoms with Crippen molar-refractivity contribution >= 4 is 16.3 Å². The number of aliphatic hydroxyl groups is 1. The number of aliphatic hydroxyl groups excluding tert-OH is 1. The number of hydrogen-bond donors (Lipinski definition) is 2. The second-order valence-electron chi connectivity index (χ2n) is 2.46. The van der Waals surface area contributed by atoms with E-state index in [1.54, 1.807) is 6.92 Å². The second kappa shape index (κ2) is 5.03. The first kappa shape index (κ1) is 12.2. The van der Waals surface area contributed by atoms with E-state index < -0.39 is 28.1 Å². The van der Waals surface area contributed by atoms with Gasteiger partial charge >= 0.3 is 16.3 Å². The average Bonchev–Trinajstić information content (AvgIpc) is 1.98. The molecule has 7 heteroatoms.